The number of para-hydroxylation sites is 1. The molecule has 3 aromatic carbocycles. The molecule has 4 rings (SSSR count). The van der Waals surface area contributed by atoms with E-state index >= 15 is 0 Å². The molecule has 9 heteroatoms. The monoisotopic (exact) mass is 544 g/mol. The normalized spacial score (nSPS) is 14.2. The van der Waals surface area contributed by atoms with Crippen LogP contribution in [0.3, 0.4) is 0 Å². The van der Waals surface area contributed by atoms with E-state index in [0.29, 0.717) is 22.6 Å². The molecule has 1 N–H and O–H groups in total. The second-order valence-corrected chi connectivity index (χ2v) is 10.0. The number of rotatable bonds is 10. The summed E-state index contributed by atoms with van der Waals surface area (Å²) in [5.74, 6) is -0.208. The molecule has 0 saturated carbocycles. The third kappa shape index (κ3) is 6.74. The molecule has 1 heterocycles. The number of nitrogens with zero attached hydrogens (tertiary/aromatic N) is 1. The van der Waals surface area contributed by atoms with Crippen LogP contribution < -0.4 is 14.8 Å². The van der Waals surface area contributed by atoms with Crippen LogP contribution in [0.1, 0.15) is 41.3 Å². The molecule has 0 bridgehead atoms. The Labute approximate surface area is 231 Å². The number of anilines is 1. The van der Waals surface area contributed by atoms with Gasteiger partial charge in [-0.25, -0.2) is 0 Å². The number of ether oxygens (including phenoxy) is 2. The van der Waals surface area contributed by atoms with Gasteiger partial charge in [0.25, 0.3) is 17.1 Å². The van der Waals surface area contributed by atoms with Crippen molar-refractivity contribution in [2.24, 2.45) is 0 Å². The molecular formula is C30H28N2O6S. The topological polar surface area (TPSA) is 102 Å². The lowest BCUT2D eigenvalue weighted by molar-refractivity contribution is -0.122. The number of methoxy groups -OCH3 is 1. The number of Topliss-reactive ketones (excluding diaryl/α,β-unsaturated/α-hetero) is 1. The Balaban J connectivity index is 1.41. The molecule has 8 nitrogen and oxygen atoms in total. The number of ketones is 1. The Morgan fingerprint density at radius 2 is 1.69 bits per heavy atom. The van der Waals surface area contributed by atoms with E-state index in [0.717, 1.165) is 27.9 Å². The highest BCUT2D eigenvalue weighted by molar-refractivity contribution is 8.18. The van der Waals surface area contributed by atoms with Crippen molar-refractivity contribution in [1.82, 2.24) is 4.90 Å². The van der Waals surface area contributed by atoms with Gasteiger partial charge in [-0.1, -0.05) is 68.4 Å². The van der Waals surface area contributed by atoms with Gasteiger partial charge in [0.2, 0.25) is 0 Å². The maximum Gasteiger partial charge on any atom is 0.293 e. The highest BCUT2D eigenvalue weighted by Gasteiger charge is 2.36. The SMILES string of the molecule is COc1cc(/C=C2\SC(=O)N(CC(=O)c3ccccc3)C2=O)ccc1OCC(=O)Nc1ccccc1C(C)C. The van der Waals surface area contributed by atoms with E-state index in [1.807, 2.05) is 24.3 Å². The van der Waals surface area contributed by atoms with Crippen LogP contribution in [0, 0.1) is 0 Å². The number of thioether (sulfide) groups is 1. The summed E-state index contributed by atoms with van der Waals surface area (Å²) in [5.41, 5.74) is 2.79. The number of nitrogens with one attached hydrogen (secondary N) is 1. The summed E-state index contributed by atoms with van der Waals surface area (Å²) >= 11 is 0.771. The molecular weight excluding hydrogens is 516 g/mol. The maximum absolute atomic E-state index is 12.9. The average molecular weight is 545 g/mol. The van der Waals surface area contributed by atoms with Crippen LogP contribution in [0.2, 0.25) is 0 Å². The van der Waals surface area contributed by atoms with E-state index in [-0.39, 0.29) is 35.7 Å². The molecule has 0 radical (unpaired) electrons. The summed E-state index contributed by atoms with van der Waals surface area (Å²) in [6, 6.07) is 21.1. The molecule has 1 saturated heterocycles. The van der Waals surface area contributed by atoms with Crippen LogP contribution in [0.25, 0.3) is 6.08 Å². The van der Waals surface area contributed by atoms with Crippen molar-refractivity contribution in [3.05, 3.63) is 94.4 Å². The number of carbonyl (C=O) groups is 4. The van der Waals surface area contributed by atoms with Gasteiger partial charge in [-0.15, -0.1) is 0 Å². The van der Waals surface area contributed by atoms with Gasteiger partial charge >= 0.3 is 0 Å². The third-order valence-electron chi connectivity index (χ3n) is 5.97. The van der Waals surface area contributed by atoms with Gasteiger partial charge in [0.05, 0.1) is 18.6 Å². The predicted octanol–water partition coefficient (Wildman–Crippen LogP) is 5.76. The van der Waals surface area contributed by atoms with Crippen LogP contribution >= 0.6 is 11.8 Å². The van der Waals surface area contributed by atoms with Crippen molar-refractivity contribution in [3.8, 4) is 11.5 Å². The molecule has 0 atom stereocenters. The van der Waals surface area contributed by atoms with Crippen LogP contribution in [0.15, 0.2) is 77.7 Å². The number of hydrogen-bond acceptors (Lipinski definition) is 7. The first kappa shape index (κ1) is 27.7. The zero-order chi connectivity index (χ0) is 27.9. The smallest absolute Gasteiger partial charge is 0.293 e. The van der Waals surface area contributed by atoms with Gasteiger partial charge in [-0.3, -0.25) is 24.1 Å². The lowest BCUT2D eigenvalue weighted by Gasteiger charge is -2.15. The van der Waals surface area contributed by atoms with Crippen molar-refractivity contribution in [2.75, 3.05) is 25.6 Å². The van der Waals surface area contributed by atoms with Crippen LogP contribution in [0.5, 0.6) is 11.5 Å². The van der Waals surface area contributed by atoms with Gasteiger partial charge < -0.3 is 14.8 Å². The van der Waals surface area contributed by atoms with Gasteiger partial charge in [-0.2, -0.15) is 0 Å². The maximum atomic E-state index is 12.9. The van der Waals surface area contributed by atoms with E-state index in [4.69, 9.17) is 9.47 Å². The standard InChI is InChI=1S/C30H28N2O6S/c1-19(2)22-11-7-8-12-23(22)31-28(34)18-38-25-14-13-20(15-26(25)37-3)16-27-29(35)32(30(36)39-27)17-24(33)21-9-5-4-6-10-21/h4-16,19H,17-18H2,1-3H3,(H,31,34)/b27-16-. The number of imide groups is 1. The largest absolute Gasteiger partial charge is 0.493 e. The Hall–Kier alpha value is -4.37. The molecule has 0 unspecified atom stereocenters. The third-order valence-corrected chi connectivity index (χ3v) is 6.88. The van der Waals surface area contributed by atoms with Crippen molar-refractivity contribution < 1.29 is 28.7 Å². The number of amides is 3. The fourth-order valence-electron chi connectivity index (χ4n) is 3.98. The van der Waals surface area contributed by atoms with Crippen LogP contribution in [-0.4, -0.2) is 48.0 Å². The quantitative estimate of drug-likeness (QED) is 0.256. The van der Waals surface area contributed by atoms with Gasteiger partial charge in [0, 0.05) is 11.3 Å². The second kappa shape index (κ2) is 12.4. The Morgan fingerprint density at radius 1 is 0.974 bits per heavy atom. The summed E-state index contributed by atoms with van der Waals surface area (Å²) in [6.45, 7) is 3.55. The number of carbonyl (C=O) groups excluding carboxylic acids is 4. The minimum atomic E-state index is -0.535. The highest BCUT2D eigenvalue weighted by atomic mass is 32.2. The fraction of sp³-hybridized carbons (Fsp3) is 0.200. The first-order valence-corrected chi connectivity index (χ1v) is 13.1. The number of benzene rings is 3. The molecule has 200 valence electrons. The summed E-state index contributed by atoms with van der Waals surface area (Å²) in [6.07, 6.45) is 1.56. The van der Waals surface area contributed by atoms with Gasteiger partial charge in [0.1, 0.15) is 0 Å². The fourth-order valence-corrected chi connectivity index (χ4v) is 4.82. The second-order valence-electron chi connectivity index (χ2n) is 9.05. The van der Waals surface area contributed by atoms with Gasteiger partial charge in [-0.05, 0) is 53.1 Å². The average Bonchev–Trinajstić information content (AvgIpc) is 3.20. The molecule has 0 aromatic heterocycles. The summed E-state index contributed by atoms with van der Waals surface area (Å²) < 4.78 is 11.1. The summed E-state index contributed by atoms with van der Waals surface area (Å²) in [7, 11) is 1.47. The molecule has 3 aromatic rings. The Bertz CT molecular complexity index is 1430. The first-order valence-electron chi connectivity index (χ1n) is 12.3. The van der Waals surface area contributed by atoms with E-state index < -0.39 is 11.1 Å². The number of hydrogen-bond donors (Lipinski definition) is 1. The lowest BCUT2D eigenvalue weighted by atomic mass is 10.0. The molecule has 1 aliphatic heterocycles. The van der Waals surface area contributed by atoms with E-state index in [2.05, 4.69) is 19.2 Å². The van der Waals surface area contributed by atoms with Crippen molar-refractivity contribution in [1.29, 1.82) is 0 Å². The lowest BCUT2D eigenvalue weighted by Crippen LogP contribution is -2.33. The molecule has 1 fully saturated rings. The Kier molecular flexibility index (Phi) is 8.83. The summed E-state index contributed by atoms with van der Waals surface area (Å²) in [4.78, 5) is 51.5. The van der Waals surface area contributed by atoms with Crippen LogP contribution in [-0.2, 0) is 9.59 Å². The molecule has 3 amide bonds. The predicted molar refractivity (Wildman–Crippen MR) is 151 cm³/mol. The molecule has 0 spiro atoms. The zero-order valence-corrected chi connectivity index (χ0v) is 22.6. The zero-order valence-electron chi connectivity index (χ0n) is 21.8. The minimum absolute atomic E-state index is 0.194. The van der Waals surface area contributed by atoms with Crippen molar-refractivity contribution in [3.63, 3.8) is 0 Å². The van der Waals surface area contributed by atoms with E-state index in [1.165, 1.54) is 7.11 Å². The van der Waals surface area contributed by atoms with Gasteiger partial charge in [0.15, 0.2) is 23.9 Å². The summed E-state index contributed by atoms with van der Waals surface area (Å²) in [5, 5.41) is 2.37. The van der Waals surface area contributed by atoms with Crippen LogP contribution in [0.4, 0.5) is 10.5 Å². The van der Waals surface area contributed by atoms with Crippen molar-refractivity contribution in [2.45, 2.75) is 19.8 Å². The Morgan fingerprint density at radius 3 is 2.41 bits per heavy atom. The first-order chi connectivity index (χ1) is 18.8. The van der Waals surface area contributed by atoms with Crippen molar-refractivity contribution >= 4 is 46.4 Å². The molecule has 0 aliphatic carbocycles. The molecule has 1 aliphatic rings. The highest BCUT2D eigenvalue weighted by Crippen LogP contribution is 2.35. The van der Waals surface area contributed by atoms with E-state index in [1.54, 1.807) is 54.6 Å². The minimum Gasteiger partial charge on any atom is -0.493 e. The molecule has 39 heavy (non-hydrogen) atoms. The van der Waals surface area contributed by atoms with E-state index in [9.17, 15) is 19.2 Å².